The van der Waals surface area contributed by atoms with Crippen LogP contribution >= 0.6 is 0 Å². The Morgan fingerprint density at radius 3 is 2.39 bits per heavy atom. The summed E-state index contributed by atoms with van der Waals surface area (Å²) in [6.07, 6.45) is 10.4. The van der Waals surface area contributed by atoms with Gasteiger partial charge in [0.25, 0.3) is 0 Å². The minimum atomic E-state index is 0.0371. The number of phenols is 1. The maximum atomic E-state index is 12.8. The monoisotopic (exact) mass is 421 g/mol. The van der Waals surface area contributed by atoms with Crippen LogP contribution in [0.25, 0.3) is 0 Å². The Morgan fingerprint density at radius 2 is 1.65 bits per heavy atom. The number of phenolic OH excluding ortho intramolecular Hbond substituents is 1. The molecule has 2 aromatic carbocycles. The minimum absolute atomic E-state index is 0.0371. The predicted molar refractivity (Wildman–Crippen MR) is 132 cm³/mol. The van der Waals surface area contributed by atoms with Gasteiger partial charge in [-0.25, -0.2) is 0 Å². The molecule has 0 radical (unpaired) electrons. The van der Waals surface area contributed by atoms with Gasteiger partial charge in [0.15, 0.2) is 5.78 Å². The molecule has 0 saturated heterocycles. The van der Waals surface area contributed by atoms with Gasteiger partial charge in [0.1, 0.15) is 5.75 Å². The quantitative estimate of drug-likeness (QED) is 0.190. The number of Topliss-reactive ketones (excluding diaryl/α,β-unsaturated/α-hetero) is 1. The van der Waals surface area contributed by atoms with Crippen LogP contribution in [0.3, 0.4) is 0 Å². The molecule has 0 amide bonds. The van der Waals surface area contributed by atoms with Crippen LogP contribution in [0.5, 0.6) is 5.75 Å². The third-order valence-electron chi connectivity index (χ3n) is 5.91. The third-order valence-corrected chi connectivity index (χ3v) is 5.91. The summed E-state index contributed by atoms with van der Waals surface area (Å²) in [6.45, 7) is 6.52. The van der Waals surface area contributed by atoms with E-state index in [2.05, 4.69) is 45.0 Å². The number of benzene rings is 2. The zero-order valence-corrected chi connectivity index (χ0v) is 19.6. The summed E-state index contributed by atoms with van der Waals surface area (Å²) >= 11 is 0. The van der Waals surface area contributed by atoms with Crippen LogP contribution in [0, 0.1) is 5.92 Å². The van der Waals surface area contributed by atoms with Crippen molar-refractivity contribution in [3.8, 4) is 5.75 Å². The highest BCUT2D eigenvalue weighted by Gasteiger charge is 2.17. The Hall–Kier alpha value is -2.42. The van der Waals surface area contributed by atoms with E-state index >= 15 is 0 Å². The van der Waals surface area contributed by atoms with Crippen LogP contribution in [0.15, 0.2) is 53.5 Å². The zero-order valence-electron chi connectivity index (χ0n) is 19.6. The van der Waals surface area contributed by atoms with E-state index in [1.54, 1.807) is 18.2 Å². The molecular formula is C28H39NO2. The molecule has 2 aromatic rings. The molecule has 0 saturated carbocycles. The van der Waals surface area contributed by atoms with E-state index < -0.39 is 0 Å². The summed E-state index contributed by atoms with van der Waals surface area (Å²) in [7, 11) is 0. The normalized spacial score (nSPS) is 12.7. The van der Waals surface area contributed by atoms with Crippen molar-refractivity contribution < 1.29 is 9.90 Å². The SMILES string of the molecule is CCCCCc1ccccc1N=C(C)CCC(CCCC)CC(=O)c1ccccc1O. The van der Waals surface area contributed by atoms with E-state index in [1.807, 2.05) is 6.07 Å². The number of carbonyl (C=O) groups is 1. The Kier molecular flexibility index (Phi) is 11.1. The van der Waals surface area contributed by atoms with Crippen molar-refractivity contribution in [2.75, 3.05) is 0 Å². The molecule has 0 heterocycles. The lowest BCUT2D eigenvalue weighted by atomic mass is 9.89. The highest BCUT2D eigenvalue weighted by Crippen LogP contribution is 2.26. The molecule has 1 N–H and O–H groups in total. The van der Waals surface area contributed by atoms with Crippen molar-refractivity contribution >= 4 is 17.2 Å². The number of ketones is 1. The first-order valence-corrected chi connectivity index (χ1v) is 12.0. The lowest BCUT2D eigenvalue weighted by molar-refractivity contribution is 0.0953. The molecule has 0 aromatic heterocycles. The number of nitrogens with zero attached hydrogens (tertiary/aromatic N) is 1. The summed E-state index contributed by atoms with van der Waals surface area (Å²) in [5.41, 5.74) is 3.98. The molecule has 2 rings (SSSR count). The van der Waals surface area contributed by atoms with E-state index in [0.29, 0.717) is 17.9 Å². The summed E-state index contributed by atoms with van der Waals surface area (Å²) < 4.78 is 0. The molecule has 31 heavy (non-hydrogen) atoms. The Morgan fingerprint density at radius 1 is 0.935 bits per heavy atom. The number of hydrogen-bond donors (Lipinski definition) is 1. The molecule has 0 aliphatic carbocycles. The lowest BCUT2D eigenvalue weighted by Gasteiger charge is -2.16. The number of unbranched alkanes of at least 4 members (excludes halogenated alkanes) is 3. The number of aryl methyl sites for hydroxylation is 1. The van der Waals surface area contributed by atoms with Gasteiger partial charge in [-0.15, -0.1) is 0 Å². The molecule has 0 bridgehead atoms. The number of aliphatic imine (C=N–C) groups is 1. The highest BCUT2D eigenvalue weighted by molar-refractivity contribution is 5.98. The fraction of sp³-hybridized carbons (Fsp3) is 0.500. The Labute approximate surface area is 188 Å². The molecule has 0 spiro atoms. The second kappa shape index (κ2) is 13.8. The summed E-state index contributed by atoms with van der Waals surface area (Å²) in [5.74, 6) is 0.436. The van der Waals surface area contributed by atoms with Gasteiger partial charge >= 0.3 is 0 Å². The van der Waals surface area contributed by atoms with Gasteiger partial charge in [-0.2, -0.15) is 0 Å². The number of carbonyl (C=O) groups excluding carboxylic acids is 1. The first-order valence-electron chi connectivity index (χ1n) is 12.0. The van der Waals surface area contributed by atoms with Crippen LogP contribution in [0.4, 0.5) is 5.69 Å². The van der Waals surface area contributed by atoms with Crippen molar-refractivity contribution in [1.82, 2.24) is 0 Å². The summed E-state index contributed by atoms with van der Waals surface area (Å²) in [6, 6.07) is 15.3. The van der Waals surface area contributed by atoms with E-state index in [9.17, 15) is 9.90 Å². The summed E-state index contributed by atoms with van der Waals surface area (Å²) in [4.78, 5) is 17.7. The van der Waals surface area contributed by atoms with Gasteiger partial charge in [-0.1, -0.05) is 76.3 Å². The van der Waals surface area contributed by atoms with Crippen molar-refractivity contribution in [3.05, 3.63) is 59.7 Å². The van der Waals surface area contributed by atoms with Gasteiger partial charge < -0.3 is 5.11 Å². The second-order valence-electron chi connectivity index (χ2n) is 8.62. The molecule has 1 atom stereocenters. The number of hydrogen-bond acceptors (Lipinski definition) is 3. The van der Waals surface area contributed by atoms with Gasteiger partial charge in [0, 0.05) is 12.1 Å². The lowest BCUT2D eigenvalue weighted by Crippen LogP contribution is -2.11. The smallest absolute Gasteiger partial charge is 0.166 e. The van der Waals surface area contributed by atoms with Gasteiger partial charge in [0.05, 0.1) is 11.3 Å². The van der Waals surface area contributed by atoms with E-state index in [-0.39, 0.29) is 11.5 Å². The first-order chi connectivity index (χ1) is 15.0. The molecule has 168 valence electrons. The third kappa shape index (κ3) is 8.69. The predicted octanol–water partition coefficient (Wildman–Crippen LogP) is 8.08. The van der Waals surface area contributed by atoms with Crippen LogP contribution < -0.4 is 0 Å². The summed E-state index contributed by atoms with van der Waals surface area (Å²) in [5, 5.41) is 10.0. The zero-order chi connectivity index (χ0) is 22.5. The molecule has 3 nitrogen and oxygen atoms in total. The average Bonchev–Trinajstić information content (AvgIpc) is 2.77. The van der Waals surface area contributed by atoms with Crippen molar-refractivity contribution in [2.45, 2.75) is 85.0 Å². The second-order valence-corrected chi connectivity index (χ2v) is 8.62. The fourth-order valence-corrected chi connectivity index (χ4v) is 3.99. The first kappa shape index (κ1) is 24.8. The topological polar surface area (TPSA) is 49.7 Å². The molecule has 0 fully saturated rings. The van der Waals surface area contributed by atoms with E-state index in [1.165, 1.54) is 24.8 Å². The largest absolute Gasteiger partial charge is 0.507 e. The van der Waals surface area contributed by atoms with E-state index in [4.69, 9.17) is 4.99 Å². The van der Waals surface area contributed by atoms with Crippen molar-refractivity contribution in [2.24, 2.45) is 10.9 Å². The van der Waals surface area contributed by atoms with Crippen LogP contribution in [-0.2, 0) is 6.42 Å². The molecule has 0 aliphatic rings. The maximum Gasteiger partial charge on any atom is 0.166 e. The van der Waals surface area contributed by atoms with Gasteiger partial charge in [-0.3, -0.25) is 9.79 Å². The van der Waals surface area contributed by atoms with E-state index in [0.717, 1.165) is 49.9 Å². The van der Waals surface area contributed by atoms with Crippen molar-refractivity contribution in [3.63, 3.8) is 0 Å². The highest BCUT2D eigenvalue weighted by atomic mass is 16.3. The average molecular weight is 422 g/mol. The number of rotatable bonds is 14. The Bertz CT molecular complexity index is 840. The van der Waals surface area contributed by atoms with Crippen LogP contribution in [0.1, 0.15) is 94.5 Å². The maximum absolute atomic E-state index is 12.8. The number of aromatic hydroxyl groups is 1. The standard InChI is InChI=1S/C28H39NO2/c1-4-6-8-14-24-15-9-11-17-26(24)29-22(3)19-20-23(13-7-5-2)21-28(31)25-16-10-12-18-27(25)30/h9-12,15-18,23,30H,4-8,13-14,19-21H2,1-3H3. The molecule has 3 heteroatoms. The van der Waals surface area contributed by atoms with Gasteiger partial charge in [0.2, 0.25) is 0 Å². The van der Waals surface area contributed by atoms with Crippen LogP contribution in [-0.4, -0.2) is 16.6 Å². The molecule has 1 unspecified atom stereocenters. The number of para-hydroxylation sites is 2. The van der Waals surface area contributed by atoms with Gasteiger partial charge in [-0.05, 0) is 62.3 Å². The minimum Gasteiger partial charge on any atom is -0.507 e. The van der Waals surface area contributed by atoms with Crippen LogP contribution in [0.2, 0.25) is 0 Å². The van der Waals surface area contributed by atoms with Crippen molar-refractivity contribution in [1.29, 1.82) is 0 Å². The Balaban J connectivity index is 2.01. The fourth-order valence-electron chi connectivity index (χ4n) is 3.99. The molecular weight excluding hydrogens is 382 g/mol. The molecule has 0 aliphatic heterocycles.